The minimum atomic E-state index is 0.111. The van der Waals surface area contributed by atoms with Crippen LogP contribution in [0.1, 0.15) is 39.5 Å². The molecule has 2 rings (SSSR count). The van der Waals surface area contributed by atoms with Crippen LogP contribution in [0.2, 0.25) is 0 Å². The van der Waals surface area contributed by atoms with Crippen LogP contribution in [0.4, 0.5) is 0 Å². The molecule has 0 aromatic rings. The van der Waals surface area contributed by atoms with E-state index < -0.39 is 0 Å². The predicted molar refractivity (Wildman–Crippen MR) is 68.1 cm³/mol. The first-order valence-electron chi connectivity index (χ1n) is 6.55. The largest absolute Gasteiger partial charge is 0.371 e. The molecule has 2 unspecified atom stereocenters. The van der Waals surface area contributed by atoms with Crippen molar-refractivity contribution in [3.8, 4) is 0 Å². The van der Waals surface area contributed by atoms with E-state index in [9.17, 15) is 0 Å². The summed E-state index contributed by atoms with van der Waals surface area (Å²) in [6.45, 7) is 8.00. The van der Waals surface area contributed by atoms with Gasteiger partial charge in [0.2, 0.25) is 0 Å². The summed E-state index contributed by atoms with van der Waals surface area (Å²) in [7, 11) is 0. The Balaban J connectivity index is 1.71. The maximum atomic E-state index is 6.04. The zero-order valence-corrected chi connectivity index (χ0v) is 11.3. The molecule has 2 aliphatic rings. The Morgan fingerprint density at radius 1 is 1.38 bits per heavy atom. The zero-order valence-electron chi connectivity index (χ0n) is 10.5. The van der Waals surface area contributed by atoms with Crippen molar-refractivity contribution in [1.29, 1.82) is 0 Å². The summed E-state index contributed by atoms with van der Waals surface area (Å²) in [6.07, 6.45) is 5.39. The van der Waals surface area contributed by atoms with Crippen LogP contribution < -0.4 is 0 Å². The maximum Gasteiger partial charge on any atom is 0.0710 e. The Labute approximate surface area is 104 Å². The smallest absolute Gasteiger partial charge is 0.0710 e. The number of hydrogen-bond acceptors (Lipinski definition) is 2. The van der Waals surface area contributed by atoms with Gasteiger partial charge in [-0.2, -0.15) is 0 Å². The summed E-state index contributed by atoms with van der Waals surface area (Å²) in [6, 6.07) is 0. The molecule has 0 aliphatic carbocycles. The van der Waals surface area contributed by atoms with Gasteiger partial charge in [0.15, 0.2) is 0 Å². The second kappa shape index (κ2) is 5.24. The van der Waals surface area contributed by atoms with Gasteiger partial charge in [-0.05, 0) is 52.0 Å². The van der Waals surface area contributed by atoms with Crippen molar-refractivity contribution < 1.29 is 4.74 Å². The second-order valence-electron chi connectivity index (χ2n) is 5.93. The molecule has 0 aromatic heterocycles. The molecule has 0 spiro atoms. The molecule has 2 saturated heterocycles. The number of hydrogen-bond donors (Lipinski definition) is 0. The van der Waals surface area contributed by atoms with Crippen molar-refractivity contribution in [2.45, 2.75) is 51.2 Å². The topological polar surface area (TPSA) is 12.5 Å². The molecule has 3 heteroatoms. The van der Waals surface area contributed by atoms with E-state index in [0.29, 0.717) is 6.10 Å². The molecule has 2 fully saturated rings. The molecule has 0 radical (unpaired) electrons. The van der Waals surface area contributed by atoms with Gasteiger partial charge in [0.1, 0.15) is 0 Å². The van der Waals surface area contributed by atoms with Gasteiger partial charge in [-0.3, -0.25) is 0 Å². The Bertz CT molecular complexity index is 232. The highest BCUT2D eigenvalue weighted by molar-refractivity contribution is 6.17. The van der Waals surface area contributed by atoms with Crippen molar-refractivity contribution in [2.75, 3.05) is 25.5 Å². The first-order chi connectivity index (χ1) is 7.59. The first-order valence-corrected chi connectivity index (χ1v) is 7.09. The summed E-state index contributed by atoms with van der Waals surface area (Å²) >= 11 is 5.79. The summed E-state index contributed by atoms with van der Waals surface area (Å²) in [5, 5.41) is 0. The van der Waals surface area contributed by atoms with E-state index in [4.69, 9.17) is 16.3 Å². The number of nitrogens with zero attached hydrogens (tertiary/aromatic N) is 1. The van der Waals surface area contributed by atoms with E-state index in [1.54, 1.807) is 0 Å². The fourth-order valence-electron chi connectivity index (χ4n) is 2.96. The summed E-state index contributed by atoms with van der Waals surface area (Å²) in [4.78, 5) is 2.56. The number of alkyl halides is 1. The molecule has 0 amide bonds. The summed E-state index contributed by atoms with van der Waals surface area (Å²) in [5.41, 5.74) is 0.111. The van der Waals surface area contributed by atoms with Gasteiger partial charge in [0.25, 0.3) is 0 Å². The quantitative estimate of drug-likeness (QED) is 0.707. The lowest BCUT2D eigenvalue weighted by molar-refractivity contribution is -0.0265. The van der Waals surface area contributed by atoms with Crippen LogP contribution in [0.15, 0.2) is 0 Å². The predicted octanol–water partition coefficient (Wildman–Crippen LogP) is 2.89. The van der Waals surface area contributed by atoms with Crippen molar-refractivity contribution in [1.82, 2.24) is 4.90 Å². The normalized spacial score (nSPS) is 34.7. The minimum absolute atomic E-state index is 0.111. The Morgan fingerprint density at radius 3 is 2.81 bits per heavy atom. The van der Waals surface area contributed by atoms with Crippen molar-refractivity contribution in [3.63, 3.8) is 0 Å². The highest BCUT2D eigenvalue weighted by atomic mass is 35.5. The number of halogens is 1. The summed E-state index contributed by atoms with van der Waals surface area (Å²) < 4.78 is 6.04. The molecule has 16 heavy (non-hydrogen) atoms. The maximum absolute atomic E-state index is 6.04. The zero-order chi connectivity index (χ0) is 11.6. The van der Waals surface area contributed by atoms with E-state index in [2.05, 4.69) is 18.7 Å². The molecule has 0 bridgehead atoms. The van der Waals surface area contributed by atoms with Crippen molar-refractivity contribution in [2.24, 2.45) is 5.92 Å². The second-order valence-corrected chi connectivity index (χ2v) is 6.31. The third kappa shape index (κ3) is 3.35. The molecule has 0 saturated carbocycles. The van der Waals surface area contributed by atoms with Crippen LogP contribution in [0.3, 0.4) is 0 Å². The van der Waals surface area contributed by atoms with Gasteiger partial charge >= 0.3 is 0 Å². The SMILES string of the molecule is CC1(C)CCC(CN2CCC(CCCl)C2)O1. The van der Waals surface area contributed by atoms with Crippen LogP contribution in [-0.4, -0.2) is 42.1 Å². The average Bonchev–Trinajstić information content (AvgIpc) is 2.75. The van der Waals surface area contributed by atoms with E-state index >= 15 is 0 Å². The van der Waals surface area contributed by atoms with Gasteiger partial charge in [-0.1, -0.05) is 0 Å². The lowest BCUT2D eigenvalue weighted by Gasteiger charge is -2.23. The number of ether oxygens (including phenoxy) is 1. The van der Waals surface area contributed by atoms with Gasteiger partial charge in [-0.15, -0.1) is 11.6 Å². The fraction of sp³-hybridized carbons (Fsp3) is 1.00. The summed E-state index contributed by atoms with van der Waals surface area (Å²) in [5.74, 6) is 1.64. The lowest BCUT2D eigenvalue weighted by Crippen LogP contribution is -2.32. The van der Waals surface area contributed by atoms with Gasteiger partial charge in [0.05, 0.1) is 11.7 Å². The van der Waals surface area contributed by atoms with Crippen LogP contribution in [-0.2, 0) is 4.74 Å². The monoisotopic (exact) mass is 245 g/mol. The van der Waals surface area contributed by atoms with Crippen LogP contribution in [0, 0.1) is 5.92 Å². The Hall–Kier alpha value is 0.210. The molecule has 2 heterocycles. The first kappa shape index (κ1) is 12.7. The van der Waals surface area contributed by atoms with Crippen LogP contribution >= 0.6 is 11.6 Å². The number of rotatable bonds is 4. The van der Waals surface area contributed by atoms with E-state index in [-0.39, 0.29) is 5.60 Å². The molecule has 2 aliphatic heterocycles. The standard InChI is InChI=1S/C13H24ClNO/c1-13(2)6-3-12(16-13)10-15-8-5-11(9-15)4-7-14/h11-12H,3-10H2,1-2H3. The van der Waals surface area contributed by atoms with Gasteiger partial charge in [0, 0.05) is 19.0 Å². The van der Waals surface area contributed by atoms with Gasteiger partial charge in [-0.25, -0.2) is 0 Å². The molecule has 94 valence electrons. The van der Waals surface area contributed by atoms with E-state index in [0.717, 1.165) is 18.3 Å². The molecular weight excluding hydrogens is 222 g/mol. The van der Waals surface area contributed by atoms with Crippen molar-refractivity contribution in [3.05, 3.63) is 0 Å². The number of likely N-dealkylation sites (tertiary alicyclic amines) is 1. The average molecular weight is 246 g/mol. The van der Waals surface area contributed by atoms with E-state index in [1.165, 1.54) is 38.8 Å². The fourth-order valence-corrected chi connectivity index (χ4v) is 3.27. The third-order valence-corrected chi connectivity index (χ3v) is 4.12. The van der Waals surface area contributed by atoms with Crippen LogP contribution in [0.5, 0.6) is 0 Å². The molecule has 0 N–H and O–H groups in total. The Kier molecular flexibility index (Phi) is 4.15. The molecular formula is C13H24ClNO. The van der Waals surface area contributed by atoms with Crippen LogP contribution in [0.25, 0.3) is 0 Å². The molecule has 2 atom stereocenters. The Morgan fingerprint density at radius 2 is 2.19 bits per heavy atom. The van der Waals surface area contributed by atoms with Crippen molar-refractivity contribution >= 4 is 11.6 Å². The third-order valence-electron chi connectivity index (χ3n) is 3.90. The highest BCUT2D eigenvalue weighted by Crippen LogP contribution is 2.31. The van der Waals surface area contributed by atoms with Gasteiger partial charge < -0.3 is 9.64 Å². The molecule has 2 nitrogen and oxygen atoms in total. The highest BCUT2D eigenvalue weighted by Gasteiger charge is 2.33. The van der Waals surface area contributed by atoms with E-state index in [1.807, 2.05) is 0 Å². The minimum Gasteiger partial charge on any atom is -0.371 e. The lowest BCUT2D eigenvalue weighted by atomic mass is 10.1. The molecule has 0 aromatic carbocycles.